The van der Waals surface area contributed by atoms with Crippen LogP contribution in [-0.4, -0.2) is 69.8 Å². The van der Waals surface area contributed by atoms with Crippen molar-refractivity contribution in [1.82, 2.24) is 15.1 Å². The van der Waals surface area contributed by atoms with Gasteiger partial charge in [0.2, 0.25) is 0 Å². The number of methoxy groups -OCH3 is 1. The van der Waals surface area contributed by atoms with Crippen LogP contribution in [0.2, 0.25) is 0 Å². The van der Waals surface area contributed by atoms with E-state index in [1.165, 1.54) is 11.1 Å². The van der Waals surface area contributed by atoms with Crippen LogP contribution in [0.5, 0.6) is 5.75 Å². The molecule has 7 heteroatoms. The molecule has 0 spiro atoms. The third kappa shape index (κ3) is 8.46. The largest absolute Gasteiger partial charge is 0.497 e. The van der Waals surface area contributed by atoms with Crippen molar-refractivity contribution in [2.75, 3.05) is 54.0 Å². The Kier molecular flexibility index (Phi) is 12.0. The SMILES string of the molecule is CCNC(=NCC(c1cccc(OC)c1)N(C)C)N1CCC(COCc2ccccc2)C1.I. The fourth-order valence-electron chi connectivity index (χ4n) is 4.09. The van der Waals surface area contributed by atoms with Gasteiger partial charge in [0.25, 0.3) is 0 Å². The first-order valence-corrected chi connectivity index (χ1v) is 11.6. The lowest BCUT2D eigenvalue weighted by atomic mass is 10.1. The maximum atomic E-state index is 6.00. The lowest BCUT2D eigenvalue weighted by Crippen LogP contribution is -2.41. The third-order valence-corrected chi connectivity index (χ3v) is 5.90. The second kappa shape index (κ2) is 14.4. The van der Waals surface area contributed by atoms with Crippen molar-refractivity contribution in [1.29, 1.82) is 0 Å². The Labute approximate surface area is 216 Å². The first-order valence-electron chi connectivity index (χ1n) is 11.6. The lowest BCUT2D eigenvalue weighted by Gasteiger charge is -2.26. The minimum Gasteiger partial charge on any atom is -0.497 e. The number of halogens is 1. The molecule has 0 saturated carbocycles. The molecule has 0 aromatic heterocycles. The summed E-state index contributed by atoms with van der Waals surface area (Å²) in [6.07, 6.45) is 1.13. The summed E-state index contributed by atoms with van der Waals surface area (Å²) in [6.45, 7) is 7.12. The zero-order chi connectivity index (χ0) is 22.8. The van der Waals surface area contributed by atoms with E-state index in [2.05, 4.69) is 72.5 Å². The van der Waals surface area contributed by atoms with Gasteiger partial charge in [-0.3, -0.25) is 4.99 Å². The zero-order valence-electron chi connectivity index (χ0n) is 20.4. The van der Waals surface area contributed by atoms with Gasteiger partial charge in [0.1, 0.15) is 5.75 Å². The summed E-state index contributed by atoms with van der Waals surface area (Å²) in [5.41, 5.74) is 2.44. The molecule has 33 heavy (non-hydrogen) atoms. The van der Waals surface area contributed by atoms with E-state index in [0.29, 0.717) is 19.1 Å². The number of aliphatic imine (C=N–C) groups is 1. The number of guanidine groups is 1. The standard InChI is InChI=1S/C26H38N4O2.HI/c1-5-27-26(28-17-25(29(2)3)23-12-9-13-24(16-23)31-4)30-15-14-22(18-30)20-32-19-21-10-7-6-8-11-21;/h6-13,16,22,25H,5,14-15,17-20H2,1-4H3,(H,27,28);1H. The van der Waals surface area contributed by atoms with Crippen molar-refractivity contribution in [3.63, 3.8) is 0 Å². The van der Waals surface area contributed by atoms with E-state index < -0.39 is 0 Å². The summed E-state index contributed by atoms with van der Waals surface area (Å²) in [5, 5.41) is 3.49. The molecule has 2 aromatic rings. The van der Waals surface area contributed by atoms with Crippen LogP contribution in [0.25, 0.3) is 0 Å². The van der Waals surface area contributed by atoms with Crippen molar-refractivity contribution in [3.05, 3.63) is 65.7 Å². The summed E-state index contributed by atoms with van der Waals surface area (Å²) < 4.78 is 11.4. The van der Waals surface area contributed by atoms with Gasteiger partial charge in [-0.1, -0.05) is 42.5 Å². The maximum absolute atomic E-state index is 6.00. The van der Waals surface area contributed by atoms with Gasteiger partial charge >= 0.3 is 0 Å². The van der Waals surface area contributed by atoms with Gasteiger partial charge in [0.15, 0.2) is 5.96 Å². The molecule has 0 aliphatic carbocycles. The van der Waals surface area contributed by atoms with Crippen molar-refractivity contribution in [3.8, 4) is 5.75 Å². The molecule has 0 radical (unpaired) electrons. The summed E-state index contributed by atoms with van der Waals surface area (Å²) >= 11 is 0. The third-order valence-electron chi connectivity index (χ3n) is 5.90. The Morgan fingerprint density at radius 1 is 1.18 bits per heavy atom. The molecule has 1 fully saturated rings. The number of hydrogen-bond acceptors (Lipinski definition) is 4. The van der Waals surface area contributed by atoms with Gasteiger partial charge in [-0.2, -0.15) is 0 Å². The topological polar surface area (TPSA) is 49.3 Å². The molecule has 2 atom stereocenters. The van der Waals surface area contributed by atoms with E-state index in [4.69, 9.17) is 14.5 Å². The summed E-state index contributed by atoms with van der Waals surface area (Å²) in [4.78, 5) is 9.61. The molecule has 1 aliphatic rings. The molecular formula is C26H39IN4O2. The minimum absolute atomic E-state index is 0. The fraction of sp³-hybridized carbons (Fsp3) is 0.500. The molecule has 1 heterocycles. The monoisotopic (exact) mass is 566 g/mol. The molecule has 1 aliphatic heterocycles. The first-order chi connectivity index (χ1) is 15.6. The predicted molar refractivity (Wildman–Crippen MR) is 147 cm³/mol. The average molecular weight is 567 g/mol. The van der Waals surface area contributed by atoms with E-state index in [1.54, 1.807) is 7.11 Å². The van der Waals surface area contributed by atoms with Crippen molar-refractivity contribution < 1.29 is 9.47 Å². The lowest BCUT2D eigenvalue weighted by molar-refractivity contribution is 0.0906. The summed E-state index contributed by atoms with van der Waals surface area (Å²) in [7, 11) is 5.91. The molecular weight excluding hydrogens is 527 g/mol. The highest BCUT2D eigenvalue weighted by Gasteiger charge is 2.25. The van der Waals surface area contributed by atoms with Crippen LogP contribution in [-0.2, 0) is 11.3 Å². The number of nitrogens with one attached hydrogen (secondary N) is 1. The van der Waals surface area contributed by atoms with Crippen LogP contribution in [0.3, 0.4) is 0 Å². The van der Waals surface area contributed by atoms with Gasteiger partial charge in [0.05, 0.1) is 32.9 Å². The Hall–Kier alpha value is -1.84. The van der Waals surface area contributed by atoms with Crippen molar-refractivity contribution >= 4 is 29.9 Å². The van der Waals surface area contributed by atoms with Gasteiger partial charge in [0, 0.05) is 25.6 Å². The summed E-state index contributed by atoms with van der Waals surface area (Å²) in [5.74, 6) is 2.40. The molecule has 0 bridgehead atoms. The van der Waals surface area contributed by atoms with Gasteiger partial charge in [-0.25, -0.2) is 0 Å². The van der Waals surface area contributed by atoms with Crippen LogP contribution >= 0.6 is 24.0 Å². The number of benzene rings is 2. The fourth-order valence-corrected chi connectivity index (χ4v) is 4.09. The summed E-state index contributed by atoms with van der Waals surface area (Å²) in [6, 6.07) is 18.8. The molecule has 2 aromatic carbocycles. The highest BCUT2D eigenvalue weighted by molar-refractivity contribution is 14.0. The Bertz CT molecular complexity index is 847. The van der Waals surface area contributed by atoms with E-state index in [1.807, 2.05) is 18.2 Å². The molecule has 182 valence electrons. The predicted octanol–water partition coefficient (Wildman–Crippen LogP) is 4.42. The number of rotatable bonds is 10. The van der Waals surface area contributed by atoms with Crippen molar-refractivity contribution in [2.45, 2.75) is 26.0 Å². The smallest absolute Gasteiger partial charge is 0.193 e. The first kappa shape index (κ1) is 27.4. The Balaban J connectivity index is 0.00000385. The minimum atomic E-state index is 0. The van der Waals surface area contributed by atoms with Crippen LogP contribution in [0.15, 0.2) is 59.6 Å². The number of hydrogen-bond donors (Lipinski definition) is 1. The average Bonchev–Trinajstić information content (AvgIpc) is 3.28. The highest BCUT2D eigenvalue weighted by Crippen LogP contribution is 2.23. The van der Waals surface area contributed by atoms with Gasteiger partial charge in [-0.15, -0.1) is 24.0 Å². The van der Waals surface area contributed by atoms with E-state index in [9.17, 15) is 0 Å². The zero-order valence-corrected chi connectivity index (χ0v) is 22.7. The molecule has 0 amide bonds. The second-order valence-electron chi connectivity index (χ2n) is 8.55. The molecule has 3 rings (SSSR count). The van der Waals surface area contributed by atoms with E-state index >= 15 is 0 Å². The Morgan fingerprint density at radius 3 is 2.67 bits per heavy atom. The molecule has 1 N–H and O–H groups in total. The van der Waals surface area contributed by atoms with E-state index in [-0.39, 0.29) is 30.0 Å². The van der Waals surface area contributed by atoms with Crippen molar-refractivity contribution in [2.24, 2.45) is 10.9 Å². The maximum Gasteiger partial charge on any atom is 0.193 e. The Morgan fingerprint density at radius 2 is 1.97 bits per heavy atom. The second-order valence-corrected chi connectivity index (χ2v) is 8.55. The van der Waals surface area contributed by atoms with E-state index in [0.717, 1.165) is 44.4 Å². The number of likely N-dealkylation sites (tertiary alicyclic amines) is 1. The van der Waals surface area contributed by atoms with Gasteiger partial charge in [-0.05, 0) is 50.7 Å². The highest BCUT2D eigenvalue weighted by atomic mass is 127. The van der Waals surface area contributed by atoms with Crippen LogP contribution in [0.4, 0.5) is 0 Å². The molecule has 1 saturated heterocycles. The molecule has 2 unspecified atom stereocenters. The normalized spacial score (nSPS) is 17.1. The number of likely N-dealkylation sites (N-methyl/N-ethyl adjacent to an activating group) is 1. The van der Waals surface area contributed by atoms with Crippen LogP contribution in [0.1, 0.15) is 30.5 Å². The van der Waals surface area contributed by atoms with Crippen LogP contribution < -0.4 is 10.1 Å². The van der Waals surface area contributed by atoms with Gasteiger partial charge < -0.3 is 24.6 Å². The quantitative estimate of drug-likeness (QED) is 0.262. The number of nitrogens with zero attached hydrogens (tertiary/aromatic N) is 3. The van der Waals surface area contributed by atoms with Crippen LogP contribution in [0, 0.1) is 5.92 Å². The number of ether oxygens (including phenoxy) is 2. The molecule has 6 nitrogen and oxygen atoms in total.